The van der Waals surface area contributed by atoms with E-state index >= 15 is 0 Å². The first-order valence-electron chi connectivity index (χ1n) is 5.79. The molecule has 0 aliphatic carbocycles. The zero-order chi connectivity index (χ0) is 9.52. The molecular formula is C11H25ClN2. The molecule has 1 aliphatic heterocycles. The molecule has 1 N–H and O–H groups in total. The smallest absolute Gasteiger partial charge is 0.00159 e. The van der Waals surface area contributed by atoms with Crippen molar-refractivity contribution in [3.8, 4) is 0 Å². The van der Waals surface area contributed by atoms with Gasteiger partial charge in [-0.05, 0) is 57.9 Å². The van der Waals surface area contributed by atoms with Crippen LogP contribution in [0, 0.1) is 5.92 Å². The van der Waals surface area contributed by atoms with Gasteiger partial charge in [-0.1, -0.05) is 13.8 Å². The van der Waals surface area contributed by atoms with E-state index in [4.69, 9.17) is 0 Å². The van der Waals surface area contributed by atoms with Crippen molar-refractivity contribution >= 4 is 12.4 Å². The first kappa shape index (κ1) is 14.2. The fourth-order valence-corrected chi connectivity index (χ4v) is 2.08. The second kappa shape index (κ2) is 8.51. The molecular weight excluding hydrogens is 196 g/mol. The van der Waals surface area contributed by atoms with E-state index < -0.39 is 0 Å². The molecule has 0 aromatic heterocycles. The number of hydrogen-bond acceptors (Lipinski definition) is 2. The van der Waals surface area contributed by atoms with Gasteiger partial charge in [0.05, 0.1) is 0 Å². The Labute approximate surface area is 94.8 Å². The van der Waals surface area contributed by atoms with Crippen LogP contribution in [0.25, 0.3) is 0 Å². The minimum Gasteiger partial charge on any atom is -0.316 e. The lowest BCUT2D eigenvalue weighted by Gasteiger charge is -2.25. The van der Waals surface area contributed by atoms with Gasteiger partial charge < -0.3 is 10.2 Å². The number of piperidine rings is 1. The van der Waals surface area contributed by atoms with E-state index in [9.17, 15) is 0 Å². The van der Waals surface area contributed by atoms with Gasteiger partial charge in [0, 0.05) is 0 Å². The van der Waals surface area contributed by atoms with Crippen LogP contribution in [0.4, 0.5) is 0 Å². The molecule has 1 saturated heterocycles. The average molecular weight is 221 g/mol. The summed E-state index contributed by atoms with van der Waals surface area (Å²) in [6.07, 6.45) is 4.20. The molecule has 0 spiro atoms. The lowest BCUT2D eigenvalue weighted by atomic mass is 9.96. The Bertz CT molecular complexity index is 120. The molecule has 0 radical (unpaired) electrons. The molecule has 1 aliphatic rings. The van der Waals surface area contributed by atoms with Crippen molar-refractivity contribution in [2.24, 2.45) is 5.92 Å². The molecule has 1 fully saturated rings. The zero-order valence-corrected chi connectivity index (χ0v) is 10.4. The fraction of sp³-hybridized carbons (Fsp3) is 1.00. The predicted molar refractivity (Wildman–Crippen MR) is 65.2 cm³/mol. The molecule has 2 nitrogen and oxygen atoms in total. The quantitative estimate of drug-likeness (QED) is 0.764. The Balaban J connectivity index is 0.00000169. The van der Waals surface area contributed by atoms with E-state index in [1.165, 1.54) is 52.0 Å². The Hall–Kier alpha value is 0.210. The van der Waals surface area contributed by atoms with E-state index in [0.717, 1.165) is 5.92 Å². The van der Waals surface area contributed by atoms with Gasteiger partial charge >= 0.3 is 0 Å². The molecule has 0 aromatic carbocycles. The Kier molecular flexibility index (Phi) is 8.64. The molecule has 14 heavy (non-hydrogen) atoms. The van der Waals surface area contributed by atoms with E-state index in [1.54, 1.807) is 0 Å². The third-order valence-corrected chi connectivity index (χ3v) is 3.15. The maximum absolute atomic E-state index is 3.48. The Morgan fingerprint density at radius 2 is 2.00 bits per heavy atom. The summed E-state index contributed by atoms with van der Waals surface area (Å²) < 4.78 is 0. The van der Waals surface area contributed by atoms with Gasteiger partial charge in [-0.15, -0.1) is 12.4 Å². The zero-order valence-electron chi connectivity index (χ0n) is 9.59. The largest absolute Gasteiger partial charge is 0.316 e. The molecule has 1 atom stereocenters. The summed E-state index contributed by atoms with van der Waals surface area (Å²) in [4.78, 5) is 2.52. The van der Waals surface area contributed by atoms with Gasteiger partial charge in [0.2, 0.25) is 0 Å². The predicted octanol–water partition coefficient (Wildman–Crippen LogP) is 2.14. The van der Waals surface area contributed by atoms with Crippen molar-refractivity contribution in [1.82, 2.24) is 10.2 Å². The van der Waals surface area contributed by atoms with Crippen molar-refractivity contribution in [2.45, 2.75) is 33.1 Å². The Morgan fingerprint density at radius 3 is 2.50 bits per heavy atom. The Morgan fingerprint density at radius 1 is 1.29 bits per heavy atom. The summed E-state index contributed by atoms with van der Waals surface area (Å²) >= 11 is 0. The van der Waals surface area contributed by atoms with Crippen molar-refractivity contribution < 1.29 is 0 Å². The van der Waals surface area contributed by atoms with Gasteiger partial charge in [0.1, 0.15) is 0 Å². The van der Waals surface area contributed by atoms with Crippen molar-refractivity contribution in [2.75, 3.05) is 32.7 Å². The van der Waals surface area contributed by atoms with Crippen LogP contribution >= 0.6 is 12.4 Å². The van der Waals surface area contributed by atoms with Crippen molar-refractivity contribution in [1.29, 1.82) is 0 Å². The maximum Gasteiger partial charge on any atom is -0.00159 e. The first-order chi connectivity index (χ1) is 6.36. The number of halogens is 1. The van der Waals surface area contributed by atoms with Gasteiger partial charge in [-0.2, -0.15) is 0 Å². The summed E-state index contributed by atoms with van der Waals surface area (Å²) in [6, 6.07) is 0. The average Bonchev–Trinajstić information content (AvgIpc) is 2.21. The molecule has 0 aromatic rings. The van der Waals surface area contributed by atoms with Gasteiger partial charge in [0.15, 0.2) is 0 Å². The topological polar surface area (TPSA) is 15.3 Å². The van der Waals surface area contributed by atoms with Crippen LogP contribution in [0.3, 0.4) is 0 Å². The van der Waals surface area contributed by atoms with Crippen molar-refractivity contribution in [3.05, 3.63) is 0 Å². The third-order valence-electron chi connectivity index (χ3n) is 3.15. The van der Waals surface area contributed by atoms with Crippen LogP contribution in [0.5, 0.6) is 0 Å². The molecule has 3 heteroatoms. The van der Waals surface area contributed by atoms with Crippen LogP contribution in [0.15, 0.2) is 0 Å². The lowest BCUT2D eigenvalue weighted by Crippen LogP contribution is -2.33. The highest BCUT2D eigenvalue weighted by Gasteiger charge is 2.13. The van der Waals surface area contributed by atoms with Gasteiger partial charge in [-0.3, -0.25) is 0 Å². The van der Waals surface area contributed by atoms with Crippen molar-refractivity contribution in [3.63, 3.8) is 0 Å². The highest BCUT2D eigenvalue weighted by atomic mass is 35.5. The van der Waals surface area contributed by atoms with Gasteiger partial charge in [-0.25, -0.2) is 0 Å². The highest BCUT2D eigenvalue weighted by Crippen LogP contribution is 2.14. The van der Waals surface area contributed by atoms with Crippen LogP contribution in [0.1, 0.15) is 33.1 Å². The lowest BCUT2D eigenvalue weighted by molar-refractivity contribution is 0.255. The standard InChI is InChI=1S/C11H24N2.ClH/c1-3-13(4-2)9-7-11-6-5-8-12-10-11;/h11-12H,3-10H2,1-2H3;1H. The minimum absolute atomic E-state index is 0. The third kappa shape index (κ3) is 5.18. The second-order valence-electron chi connectivity index (χ2n) is 4.03. The summed E-state index contributed by atoms with van der Waals surface area (Å²) in [5.41, 5.74) is 0. The monoisotopic (exact) mass is 220 g/mol. The van der Waals surface area contributed by atoms with E-state index in [1.807, 2.05) is 0 Å². The molecule has 1 rings (SSSR count). The fourth-order valence-electron chi connectivity index (χ4n) is 2.08. The normalized spacial score (nSPS) is 22.1. The molecule has 1 unspecified atom stereocenters. The van der Waals surface area contributed by atoms with Crippen LogP contribution in [-0.2, 0) is 0 Å². The molecule has 0 amide bonds. The summed E-state index contributed by atoms with van der Waals surface area (Å²) in [5.74, 6) is 0.939. The molecule has 86 valence electrons. The van der Waals surface area contributed by atoms with Crippen LogP contribution in [0.2, 0.25) is 0 Å². The molecule has 1 heterocycles. The first-order valence-corrected chi connectivity index (χ1v) is 5.79. The van der Waals surface area contributed by atoms with Crippen LogP contribution in [-0.4, -0.2) is 37.6 Å². The summed E-state index contributed by atoms with van der Waals surface area (Å²) in [5, 5.41) is 3.48. The number of nitrogens with one attached hydrogen (secondary N) is 1. The van der Waals surface area contributed by atoms with Gasteiger partial charge in [0.25, 0.3) is 0 Å². The minimum atomic E-state index is 0. The SMILES string of the molecule is CCN(CC)CCC1CCCNC1.Cl. The summed E-state index contributed by atoms with van der Waals surface area (Å²) in [7, 11) is 0. The maximum atomic E-state index is 3.48. The molecule has 0 bridgehead atoms. The number of hydrogen-bond donors (Lipinski definition) is 1. The second-order valence-corrected chi connectivity index (χ2v) is 4.03. The van der Waals surface area contributed by atoms with E-state index in [2.05, 4.69) is 24.1 Å². The van der Waals surface area contributed by atoms with Crippen LogP contribution < -0.4 is 5.32 Å². The number of rotatable bonds is 5. The van der Waals surface area contributed by atoms with E-state index in [-0.39, 0.29) is 12.4 Å². The van der Waals surface area contributed by atoms with E-state index in [0.29, 0.717) is 0 Å². The highest BCUT2D eigenvalue weighted by molar-refractivity contribution is 5.85. The number of nitrogens with zero attached hydrogens (tertiary/aromatic N) is 1. The summed E-state index contributed by atoms with van der Waals surface area (Å²) in [6.45, 7) is 10.7. The molecule has 0 saturated carbocycles.